The van der Waals surface area contributed by atoms with Gasteiger partial charge in [0.1, 0.15) is 5.75 Å². The van der Waals surface area contributed by atoms with Crippen molar-refractivity contribution in [3.8, 4) is 5.75 Å². The van der Waals surface area contributed by atoms with E-state index >= 15 is 0 Å². The highest BCUT2D eigenvalue weighted by atomic mass is 16.5. The molecule has 0 heterocycles. The molecule has 0 radical (unpaired) electrons. The molecule has 0 spiro atoms. The number of ether oxygens (including phenoxy) is 2. The molecule has 19 heavy (non-hydrogen) atoms. The first-order valence-electron chi connectivity index (χ1n) is 6.93. The number of carbonyl (C=O) groups excluding carboxylic acids is 1. The van der Waals surface area contributed by atoms with Crippen molar-refractivity contribution in [2.45, 2.75) is 38.0 Å². The van der Waals surface area contributed by atoms with Gasteiger partial charge in [0.05, 0.1) is 14.2 Å². The zero-order valence-electron chi connectivity index (χ0n) is 11.7. The smallest absolute Gasteiger partial charge is 0.305 e. The van der Waals surface area contributed by atoms with Gasteiger partial charge in [-0.05, 0) is 55.2 Å². The second kappa shape index (κ2) is 6.60. The van der Waals surface area contributed by atoms with Crippen LogP contribution in [-0.4, -0.2) is 20.2 Å². The van der Waals surface area contributed by atoms with Gasteiger partial charge in [-0.3, -0.25) is 4.79 Å². The predicted molar refractivity (Wildman–Crippen MR) is 74.3 cm³/mol. The van der Waals surface area contributed by atoms with E-state index in [4.69, 9.17) is 9.47 Å². The number of rotatable bonds is 4. The fraction of sp³-hybridized carbons (Fsp3) is 0.562. The monoisotopic (exact) mass is 262 g/mol. The Morgan fingerprint density at radius 3 is 2.26 bits per heavy atom. The van der Waals surface area contributed by atoms with Gasteiger partial charge < -0.3 is 9.47 Å². The number of benzene rings is 1. The molecule has 1 aromatic rings. The van der Waals surface area contributed by atoms with Crippen molar-refractivity contribution in [2.75, 3.05) is 14.2 Å². The topological polar surface area (TPSA) is 35.5 Å². The van der Waals surface area contributed by atoms with Crippen LogP contribution in [0.1, 0.15) is 43.6 Å². The molecule has 1 fully saturated rings. The molecule has 0 bridgehead atoms. The van der Waals surface area contributed by atoms with Gasteiger partial charge in [0.2, 0.25) is 0 Å². The van der Waals surface area contributed by atoms with E-state index in [1.807, 2.05) is 12.1 Å². The molecule has 1 aliphatic rings. The Hall–Kier alpha value is -1.51. The lowest BCUT2D eigenvalue weighted by molar-refractivity contribution is -0.142. The normalized spacial score (nSPS) is 22.8. The second-order valence-corrected chi connectivity index (χ2v) is 5.27. The van der Waals surface area contributed by atoms with Gasteiger partial charge in [0, 0.05) is 6.42 Å². The summed E-state index contributed by atoms with van der Waals surface area (Å²) in [4.78, 5) is 11.3. The first-order chi connectivity index (χ1) is 9.22. The molecular weight excluding hydrogens is 240 g/mol. The van der Waals surface area contributed by atoms with Crippen molar-refractivity contribution in [1.29, 1.82) is 0 Å². The molecule has 1 aliphatic carbocycles. The van der Waals surface area contributed by atoms with Gasteiger partial charge in [-0.25, -0.2) is 0 Å². The molecular formula is C16H22O3. The van der Waals surface area contributed by atoms with E-state index in [0.717, 1.165) is 31.4 Å². The molecule has 3 heteroatoms. The minimum Gasteiger partial charge on any atom is -0.497 e. The van der Waals surface area contributed by atoms with Gasteiger partial charge in [-0.1, -0.05) is 12.1 Å². The molecule has 0 saturated heterocycles. The van der Waals surface area contributed by atoms with Crippen LogP contribution in [0.4, 0.5) is 0 Å². The van der Waals surface area contributed by atoms with E-state index in [2.05, 4.69) is 12.1 Å². The standard InChI is InChI=1S/C16H22O3/c1-18-15-9-7-14(8-10-15)13-5-3-12(4-6-13)11-16(17)19-2/h7-10,12-13H,3-6,11H2,1-2H3/t12-,13+. The summed E-state index contributed by atoms with van der Waals surface area (Å²) in [6.07, 6.45) is 5.13. The molecule has 2 rings (SSSR count). The van der Waals surface area contributed by atoms with Crippen LogP contribution >= 0.6 is 0 Å². The van der Waals surface area contributed by atoms with Crippen molar-refractivity contribution >= 4 is 5.97 Å². The third kappa shape index (κ3) is 3.72. The molecule has 0 amide bonds. The molecule has 0 N–H and O–H groups in total. The van der Waals surface area contributed by atoms with Gasteiger partial charge in [0.15, 0.2) is 0 Å². The summed E-state index contributed by atoms with van der Waals surface area (Å²) in [5.74, 6) is 1.96. The lowest BCUT2D eigenvalue weighted by Gasteiger charge is -2.28. The zero-order chi connectivity index (χ0) is 13.7. The van der Waals surface area contributed by atoms with Gasteiger partial charge >= 0.3 is 5.97 Å². The highest BCUT2D eigenvalue weighted by Gasteiger charge is 2.24. The maximum Gasteiger partial charge on any atom is 0.305 e. The molecule has 0 unspecified atom stereocenters. The van der Waals surface area contributed by atoms with Crippen LogP contribution in [0.25, 0.3) is 0 Å². The quantitative estimate of drug-likeness (QED) is 0.779. The summed E-state index contributed by atoms with van der Waals surface area (Å²) < 4.78 is 9.92. The van der Waals surface area contributed by atoms with Crippen LogP contribution in [0, 0.1) is 5.92 Å². The van der Waals surface area contributed by atoms with E-state index in [0.29, 0.717) is 18.3 Å². The van der Waals surface area contributed by atoms with Crippen LogP contribution in [0.3, 0.4) is 0 Å². The largest absolute Gasteiger partial charge is 0.497 e. The maximum absolute atomic E-state index is 11.3. The summed E-state index contributed by atoms with van der Waals surface area (Å²) in [5.41, 5.74) is 1.39. The van der Waals surface area contributed by atoms with Gasteiger partial charge in [0.25, 0.3) is 0 Å². The molecule has 3 nitrogen and oxygen atoms in total. The number of methoxy groups -OCH3 is 2. The van der Waals surface area contributed by atoms with Crippen LogP contribution < -0.4 is 4.74 Å². The summed E-state index contributed by atoms with van der Waals surface area (Å²) in [6.45, 7) is 0. The van der Waals surface area contributed by atoms with Crippen LogP contribution in [-0.2, 0) is 9.53 Å². The Labute approximate surface area is 114 Å². The Morgan fingerprint density at radius 2 is 1.74 bits per heavy atom. The zero-order valence-corrected chi connectivity index (χ0v) is 11.7. The lowest BCUT2D eigenvalue weighted by atomic mass is 9.77. The summed E-state index contributed by atoms with van der Waals surface area (Å²) >= 11 is 0. The van der Waals surface area contributed by atoms with Crippen molar-refractivity contribution in [3.05, 3.63) is 29.8 Å². The van der Waals surface area contributed by atoms with Gasteiger partial charge in [-0.2, -0.15) is 0 Å². The van der Waals surface area contributed by atoms with E-state index in [9.17, 15) is 4.79 Å². The van der Waals surface area contributed by atoms with Crippen molar-refractivity contribution in [3.63, 3.8) is 0 Å². The van der Waals surface area contributed by atoms with E-state index in [-0.39, 0.29) is 5.97 Å². The van der Waals surface area contributed by atoms with Crippen LogP contribution in [0.2, 0.25) is 0 Å². The second-order valence-electron chi connectivity index (χ2n) is 5.27. The predicted octanol–water partition coefficient (Wildman–Crippen LogP) is 3.53. The van der Waals surface area contributed by atoms with E-state index in [1.165, 1.54) is 12.7 Å². The third-order valence-electron chi connectivity index (χ3n) is 4.12. The Balaban J connectivity index is 1.86. The fourth-order valence-electron chi connectivity index (χ4n) is 2.90. The third-order valence-corrected chi connectivity index (χ3v) is 4.12. The number of carbonyl (C=O) groups is 1. The first kappa shape index (κ1) is 13.9. The molecule has 1 saturated carbocycles. The maximum atomic E-state index is 11.3. The van der Waals surface area contributed by atoms with Crippen LogP contribution in [0.5, 0.6) is 5.75 Å². The van der Waals surface area contributed by atoms with Gasteiger partial charge in [-0.15, -0.1) is 0 Å². The molecule has 0 atom stereocenters. The fourth-order valence-corrected chi connectivity index (χ4v) is 2.90. The SMILES string of the molecule is COC(=O)C[C@H]1CC[C@@H](c2ccc(OC)cc2)CC1. The minimum absolute atomic E-state index is 0.0760. The molecule has 1 aromatic carbocycles. The number of hydrogen-bond donors (Lipinski definition) is 0. The van der Waals surface area contributed by atoms with E-state index < -0.39 is 0 Å². The summed E-state index contributed by atoms with van der Waals surface area (Å²) in [7, 11) is 3.15. The van der Waals surface area contributed by atoms with Crippen LogP contribution in [0.15, 0.2) is 24.3 Å². The molecule has 0 aliphatic heterocycles. The first-order valence-corrected chi connectivity index (χ1v) is 6.93. The highest BCUT2D eigenvalue weighted by Crippen LogP contribution is 2.37. The summed E-state index contributed by atoms with van der Waals surface area (Å²) in [5, 5.41) is 0. The van der Waals surface area contributed by atoms with Crippen molar-refractivity contribution < 1.29 is 14.3 Å². The Kier molecular flexibility index (Phi) is 4.83. The molecule has 0 aromatic heterocycles. The van der Waals surface area contributed by atoms with Crippen molar-refractivity contribution in [1.82, 2.24) is 0 Å². The number of esters is 1. The lowest BCUT2D eigenvalue weighted by Crippen LogP contribution is -2.17. The average Bonchev–Trinajstić information content (AvgIpc) is 2.48. The highest BCUT2D eigenvalue weighted by molar-refractivity contribution is 5.69. The molecule has 104 valence electrons. The Bertz CT molecular complexity index is 403. The number of hydrogen-bond acceptors (Lipinski definition) is 3. The summed E-state index contributed by atoms with van der Waals surface area (Å²) in [6, 6.07) is 8.36. The van der Waals surface area contributed by atoms with Crippen molar-refractivity contribution in [2.24, 2.45) is 5.92 Å². The Morgan fingerprint density at radius 1 is 1.11 bits per heavy atom. The average molecular weight is 262 g/mol. The minimum atomic E-state index is -0.0760. The van der Waals surface area contributed by atoms with E-state index in [1.54, 1.807) is 7.11 Å².